The second kappa shape index (κ2) is 6.44. The van der Waals surface area contributed by atoms with E-state index in [0.29, 0.717) is 11.8 Å². The predicted molar refractivity (Wildman–Crippen MR) is 71.0 cm³/mol. The summed E-state index contributed by atoms with van der Waals surface area (Å²) in [5.74, 6) is 0.226. The van der Waals surface area contributed by atoms with Gasteiger partial charge in [0.25, 0.3) is 0 Å². The van der Waals surface area contributed by atoms with Crippen molar-refractivity contribution in [3.8, 4) is 0 Å². The predicted octanol–water partition coefficient (Wildman–Crippen LogP) is 3.65. The van der Waals surface area contributed by atoms with Gasteiger partial charge in [-0.3, -0.25) is 4.79 Å². The van der Waals surface area contributed by atoms with Gasteiger partial charge in [-0.05, 0) is 23.1 Å². The zero-order chi connectivity index (χ0) is 11.3. The Hall–Kier alpha value is -0.150. The zero-order valence-corrected chi connectivity index (χ0v) is 11.9. The topological polar surface area (TPSA) is 17.1 Å². The lowest BCUT2D eigenvalue weighted by molar-refractivity contribution is -0.115. The number of halogens is 2. The second-order valence-electron chi connectivity index (χ2n) is 3.49. The quantitative estimate of drug-likeness (QED) is 0.752. The van der Waals surface area contributed by atoms with Crippen LogP contribution in [-0.2, 0) is 23.0 Å². The number of hydrogen-bond donors (Lipinski definition) is 0. The van der Waals surface area contributed by atoms with Crippen LogP contribution in [0, 0.1) is 0 Å². The number of benzene rings is 1. The summed E-state index contributed by atoms with van der Waals surface area (Å²) in [6, 6.07) is 6.39. The highest BCUT2D eigenvalue weighted by atomic mass is 79.9. The molecule has 3 heteroatoms. The van der Waals surface area contributed by atoms with Gasteiger partial charge in [0.1, 0.15) is 5.78 Å². The van der Waals surface area contributed by atoms with E-state index in [1.54, 1.807) is 0 Å². The fourth-order valence-electron chi connectivity index (χ4n) is 1.50. The van der Waals surface area contributed by atoms with Gasteiger partial charge in [-0.15, -0.1) is 0 Å². The summed E-state index contributed by atoms with van der Waals surface area (Å²) in [7, 11) is 0. The molecule has 0 atom stereocenters. The fourth-order valence-corrected chi connectivity index (χ4v) is 2.02. The van der Waals surface area contributed by atoms with E-state index in [2.05, 4.69) is 57.0 Å². The van der Waals surface area contributed by atoms with Crippen LogP contribution in [0.3, 0.4) is 0 Å². The summed E-state index contributed by atoms with van der Waals surface area (Å²) in [4.78, 5) is 11.3. The van der Waals surface area contributed by atoms with E-state index in [0.717, 1.165) is 17.3 Å². The molecule has 0 saturated carbocycles. The van der Waals surface area contributed by atoms with Crippen molar-refractivity contribution >= 4 is 37.6 Å². The van der Waals surface area contributed by atoms with Crippen molar-refractivity contribution in [1.82, 2.24) is 0 Å². The maximum Gasteiger partial charge on any atom is 0.147 e. The molecule has 0 N–H and O–H groups in total. The number of aryl methyl sites for hydroxylation is 1. The third-order valence-corrected chi connectivity index (χ3v) is 3.50. The van der Waals surface area contributed by atoms with E-state index in [9.17, 15) is 4.79 Å². The van der Waals surface area contributed by atoms with Crippen LogP contribution in [0.25, 0.3) is 0 Å². The largest absolute Gasteiger partial charge is 0.298 e. The molecule has 0 aliphatic rings. The SMILES string of the molecule is CCc1cc(CBr)cc(CC(=O)CBr)c1. The summed E-state index contributed by atoms with van der Waals surface area (Å²) < 4.78 is 0. The highest BCUT2D eigenvalue weighted by Crippen LogP contribution is 2.14. The maximum absolute atomic E-state index is 11.3. The normalized spacial score (nSPS) is 10.3. The first-order chi connectivity index (χ1) is 7.19. The minimum atomic E-state index is 0.226. The molecule has 0 aliphatic heterocycles. The Morgan fingerprint density at radius 1 is 1.13 bits per heavy atom. The maximum atomic E-state index is 11.3. The first-order valence-electron chi connectivity index (χ1n) is 4.95. The standard InChI is InChI=1S/C12H14Br2O/c1-2-9-3-10(6-12(15)8-14)5-11(4-9)7-13/h3-5H,2,6-8H2,1H3. The van der Waals surface area contributed by atoms with Crippen LogP contribution >= 0.6 is 31.9 Å². The summed E-state index contributed by atoms with van der Waals surface area (Å²) in [5, 5.41) is 1.28. The molecule has 0 aromatic heterocycles. The fraction of sp³-hybridized carbons (Fsp3) is 0.417. The van der Waals surface area contributed by atoms with Crippen LogP contribution in [-0.4, -0.2) is 11.1 Å². The van der Waals surface area contributed by atoms with Gasteiger partial charge in [-0.2, -0.15) is 0 Å². The lowest BCUT2D eigenvalue weighted by Gasteiger charge is -2.06. The zero-order valence-electron chi connectivity index (χ0n) is 8.72. The van der Waals surface area contributed by atoms with Crippen LogP contribution < -0.4 is 0 Å². The molecule has 15 heavy (non-hydrogen) atoms. The lowest BCUT2D eigenvalue weighted by atomic mass is 10.0. The van der Waals surface area contributed by atoms with Gasteiger partial charge in [-0.1, -0.05) is 57.0 Å². The third-order valence-electron chi connectivity index (χ3n) is 2.23. The summed E-state index contributed by atoms with van der Waals surface area (Å²) in [6.07, 6.45) is 1.54. The molecule has 0 saturated heterocycles. The Morgan fingerprint density at radius 3 is 2.27 bits per heavy atom. The van der Waals surface area contributed by atoms with E-state index in [1.807, 2.05) is 0 Å². The molecule has 0 aliphatic carbocycles. The molecule has 0 heterocycles. The Bertz CT molecular complexity index is 325. The van der Waals surface area contributed by atoms with Gasteiger partial charge < -0.3 is 0 Å². The summed E-state index contributed by atoms with van der Waals surface area (Å²) in [5.41, 5.74) is 3.66. The van der Waals surface area contributed by atoms with Crippen LogP contribution in [0.2, 0.25) is 0 Å². The molecule has 0 bridgehead atoms. The first kappa shape index (κ1) is 12.9. The number of hydrogen-bond acceptors (Lipinski definition) is 1. The van der Waals surface area contributed by atoms with Gasteiger partial charge in [-0.25, -0.2) is 0 Å². The smallest absolute Gasteiger partial charge is 0.147 e. The molecule has 0 amide bonds. The van der Waals surface area contributed by atoms with Crippen LogP contribution in [0.15, 0.2) is 18.2 Å². The molecule has 0 unspecified atom stereocenters. The molecule has 0 spiro atoms. The van der Waals surface area contributed by atoms with Gasteiger partial charge >= 0.3 is 0 Å². The Kier molecular flexibility index (Phi) is 5.54. The molecule has 1 aromatic rings. The third kappa shape index (κ3) is 4.07. The molecule has 1 nitrogen and oxygen atoms in total. The van der Waals surface area contributed by atoms with Gasteiger partial charge in [0.15, 0.2) is 0 Å². The Labute approximate surface area is 108 Å². The molecule has 82 valence electrons. The highest BCUT2D eigenvalue weighted by molar-refractivity contribution is 9.09. The van der Waals surface area contributed by atoms with Crippen molar-refractivity contribution in [2.24, 2.45) is 0 Å². The average molecular weight is 334 g/mol. The van der Waals surface area contributed by atoms with Crippen LogP contribution in [0.5, 0.6) is 0 Å². The van der Waals surface area contributed by atoms with E-state index < -0.39 is 0 Å². The number of ketones is 1. The summed E-state index contributed by atoms with van der Waals surface area (Å²) >= 11 is 6.63. The van der Waals surface area contributed by atoms with Crippen molar-refractivity contribution in [2.75, 3.05) is 5.33 Å². The van der Waals surface area contributed by atoms with Crippen molar-refractivity contribution in [3.05, 3.63) is 34.9 Å². The average Bonchev–Trinajstić information content (AvgIpc) is 2.28. The number of alkyl halides is 2. The molecule has 1 rings (SSSR count). The first-order valence-corrected chi connectivity index (χ1v) is 7.19. The van der Waals surface area contributed by atoms with Crippen LogP contribution in [0.1, 0.15) is 23.6 Å². The van der Waals surface area contributed by atoms with Gasteiger partial charge in [0, 0.05) is 11.8 Å². The molecule has 0 fully saturated rings. The monoisotopic (exact) mass is 332 g/mol. The van der Waals surface area contributed by atoms with Gasteiger partial charge in [0.05, 0.1) is 5.33 Å². The minimum absolute atomic E-state index is 0.226. The van der Waals surface area contributed by atoms with Crippen molar-refractivity contribution in [3.63, 3.8) is 0 Å². The number of Topliss-reactive ketones (excluding diaryl/α,β-unsaturated/α-hetero) is 1. The van der Waals surface area contributed by atoms with E-state index >= 15 is 0 Å². The molecule has 0 radical (unpaired) electrons. The van der Waals surface area contributed by atoms with E-state index in [4.69, 9.17) is 0 Å². The lowest BCUT2D eigenvalue weighted by Crippen LogP contribution is -2.04. The van der Waals surface area contributed by atoms with Crippen molar-refractivity contribution in [2.45, 2.75) is 25.1 Å². The summed E-state index contributed by atoms with van der Waals surface area (Å²) in [6.45, 7) is 2.13. The molecular formula is C12H14Br2O. The molecular weight excluding hydrogens is 320 g/mol. The molecule has 1 aromatic carbocycles. The Morgan fingerprint density at radius 2 is 1.73 bits per heavy atom. The van der Waals surface area contributed by atoms with Crippen molar-refractivity contribution < 1.29 is 4.79 Å². The van der Waals surface area contributed by atoms with Crippen molar-refractivity contribution in [1.29, 1.82) is 0 Å². The van der Waals surface area contributed by atoms with Gasteiger partial charge in [0.2, 0.25) is 0 Å². The number of rotatable bonds is 5. The number of carbonyl (C=O) groups is 1. The van der Waals surface area contributed by atoms with E-state index in [-0.39, 0.29) is 5.78 Å². The van der Waals surface area contributed by atoms with E-state index in [1.165, 1.54) is 11.1 Å². The number of carbonyl (C=O) groups excluding carboxylic acids is 1. The highest BCUT2D eigenvalue weighted by Gasteiger charge is 2.04. The minimum Gasteiger partial charge on any atom is -0.298 e. The Balaban J connectivity index is 2.91. The van der Waals surface area contributed by atoms with Crippen LogP contribution in [0.4, 0.5) is 0 Å². The second-order valence-corrected chi connectivity index (χ2v) is 4.62.